The quantitative estimate of drug-likeness (QED) is 0.704. The minimum absolute atomic E-state index is 0.0203. The van der Waals surface area contributed by atoms with Gasteiger partial charge in [-0.25, -0.2) is 9.55 Å². The molecule has 3 heterocycles. The Kier molecular flexibility index (Phi) is 5.10. The van der Waals surface area contributed by atoms with Crippen LogP contribution in [0.5, 0.6) is 11.9 Å². The van der Waals surface area contributed by atoms with E-state index in [1.165, 1.54) is 30.6 Å². The number of ether oxygens (including phenoxy) is 2. The fourth-order valence-electron chi connectivity index (χ4n) is 2.21. The third-order valence-electron chi connectivity index (χ3n) is 3.32. The number of pyridine rings is 1. The maximum atomic E-state index is 12.6. The van der Waals surface area contributed by atoms with Gasteiger partial charge in [0.15, 0.2) is 6.61 Å². The molecule has 3 aromatic heterocycles. The molecule has 0 atom stereocenters. The van der Waals surface area contributed by atoms with E-state index in [9.17, 15) is 18.0 Å². The van der Waals surface area contributed by atoms with E-state index >= 15 is 0 Å². The first-order valence-corrected chi connectivity index (χ1v) is 7.79. The van der Waals surface area contributed by atoms with E-state index in [4.69, 9.17) is 4.74 Å². The van der Waals surface area contributed by atoms with Crippen LogP contribution in [0.4, 0.5) is 13.2 Å². The maximum Gasteiger partial charge on any atom is 0.422 e. The lowest BCUT2D eigenvalue weighted by molar-refractivity contribution is -0.154. The van der Waals surface area contributed by atoms with Crippen molar-refractivity contribution in [2.75, 3.05) is 13.2 Å². The molecule has 0 aliphatic heterocycles. The standard InChI is InChI=1S/C16H14F3N5O3/c1-2-26-15-23-12(10-6-21-22-7-10)5-14(25)24(15)11-3-4-13(20-8-11)27-9-16(17,18)19/h3-8H,2,9H2,1H3,(H,21,22). The number of nitrogens with zero attached hydrogens (tertiary/aromatic N) is 4. The molecule has 0 saturated heterocycles. The maximum absolute atomic E-state index is 12.6. The topological polar surface area (TPSA) is 94.9 Å². The van der Waals surface area contributed by atoms with Gasteiger partial charge in [-0.2, -0.15) is 23.3 Å². The molecule has 0 spiro atoms. The Balaban J connectivity index is 1.94. The van der Waals surface area contributed by atoms with E-state index in [1.807, 2.05) is 0 Å². The monoisotopic (exact) mass is 381 g/mol. The van der Waals surface area contributed by atoms with Gasteiger partial charge in [0.2, 0.25) is 5.88 Å². The zero-order valence-corrected chi connectivity index (χ0v) is 14.0. The minimum atomic E-state index is -4.47. The number of halogens is 3. The molecule has 0 bridgehead atoms. The van der Waals surface area contributed by atoms with Crippen LogP contribution in [-0.2, 0) is 0 Å². The first-order valence-electron chi connectivity index (χ1n) is 7.79. The molecule has 0 radical (unpaired) electrons. The molecule has 0 amide bonds. The summed E-state index contributed by atoms with van der Waals surface area (Å²) in [5.74, 6) is -0.218. The van der Waals surface area contributed by atoms with E-state index in [-0.39, 0.29) is 24.2 Å². The summed E-state index contributed by atoms with van der Waals surface area (Å²) < 4.78 is 47.8. The molecule has 27 heavy (non-hydrogen) atoms. The lowest BCUT2D eigenvalue weighted by Gasteiger charge is -2.13. The zero-order chi connectivity index (χ0) is 19.4. The summed E-state index contributed by atoms with van der Waals surface area (Å²) in [6.45, 7) is 0.527. The number of alkyl halides is 3. The lowest BCUT2D eigenvalue weighted by Crippen LogP contribution is -2.22. The zero-order valence-electron chi connectivity index (χ0n) is 14.0. The molecule has 1 N–H and O–H groups in total. The molecule has 3 aromatic rings. The van der Waals surface area contributed by atoms with Crippen molar-refractivity contribution in [3.63, 3.8) is 0 Å². The second-order valence-corrected chi connectivity index (χ2v) is 5.28. The summed E-state index contributed by atoms with van der Waals surface area (Å²) in [6, 6.07) is 3.93. The fourth-order valence-corrected chi connectivity index (χ4v) is 2.21. The normalized spacial score (nSPS) is 11.4. The molecule has 11 heteroatoms. The number of hydrogen-bond donors (Lipinski definition) is 1. The van der Waals surface area contributed by atoms with Crippen molar-refractivity contribution in [1.82, 2.24) is 24.7 Å². The number of H-pyrrole nitrogens is 1. The Morgan fingerprint density at radius 1 is 1.22 bits per heavy atom. The smallest absolute Gasteiger partial charge is 0.422 e. The summed E-state index contributed by atoms with van der Waals surface area (Å²) >= 11 is 0. The summed E-state index contributed by atoms with van der Waals surface area (Å²) in [6.07, 6.45) is -0.173. The van der Waals surface area contributed by atoms with Crippen LogP contribution in [0.25, 0.3) is 16.9 Å². The summed E-state index contributed by atoms with van der Waals surface area (Å²) in [4.78, 5) is 20.7. The molecule has 8 nitrogen and oxygen atoms in total. The molecule has 0 aromatic carbocycles. The SMILES string of the molecule is CCOc1nc(-c2cn[nH]c2)cc(=O)n1-c1ccc(OCC(F)(F)F)nc1. The summed E-state index contributed by atoms with van der Waals surface area (Å²) in [5, 5.41) is 6.44. The average molecular weight is 381 g/mol. The van der Waals surface area contributed by atoms with Crippen molar-refractivity contribution in [3.8, 4) is 28.8 Å². The van der Waals surface area contributed by atoms with Crippen molar-refractivity contribution in [2.45, 2.75) is 13.1 Å². The van der Waals surface area contributed by atoms with Crippen molar-refractivity contribution in [1.29, 1.82) is 0 Å². The highest BCUT2D eigenvalue weighted by Gasteiger charge is 2.28. The third-order valence-corrected chi connectivity index (χ3v) is 3.32. The van der Waals surface area contributed by atoms with Gasteiger partial charge in [0.1, 0.15) is 0 Å². The van der Waals surface area contributed by atoms with Gasteiger partial charge in [0.05, 0.1) is 30.4 Å². The van der Waals surface area contributed by atoms with Gasteiger partial charge in [-0.3, -0.25) is 9.89 Å². The molecule has 0 aliphatic carbocycles. The largest absolute Gasteiger partial charge is 0.468 e. The van der Waals surface area contributed by atoms with Gasteiger partial charge in [-0.15, -0.1) is 0 Å². The predicted octanol–water partition coefficient (Wildman–Crippen LogP) is 2.36. The Bertz CT molecular complexity index is 953. The molecular formula is C16H14F3N5O3. The van der Waals surface area contributed by atoms with Gasteiger partial charge in [-0.05, 0) is 13.0 Å². The fraction of sp³-hybridized carbons (Fsp3) is 0.250. The van der Waals surface area contributed by atoms with Gasteiger partial charge in [-0.1, -0.05) is 0 Å². The Morgan fingerprint density at radius 3 is 2.63 bits per heavy atom. The van der Waals surface area contributed by atoms with E-state index in [0.29, 0.717) is 11.3 Å². The molecule has 142 valence electrons. The van der Waals surface area contributed by atoms with Crippen LogP contribution in [0.3, 0.4) is 0 Å². The van der Waals surface area contributed by atoms with Crippen molar-refractivity contribution < 1.29 is 22.6 Å². The molecule has 0 aliphatic rings. The van der Waals surface area contributed by atoms with Gasteiger partial charge < -0.3 is 9.47 Å². The van der Waals surface area contributed by atoms with Crippen LogP contribution >= 0.6 is 0 Å². The van der Waals surface area contributed by atoms with Crippen molar-refractivity contribution >= 4 is 0 Å². The highest BCUT2D eigenvalue weighted by Crippen LogP contribution is 2.21. The van der Waals surface area contributed by atoms with Crippen LogP contribution in [0.15, 0.2) is 41.6 Å². The van der Waals surface area contributed by atoms with Crippen LogP contribution in [0.2, 0.25) is 0 Å². The molecule has 0 unspecified atom stereocenters. The lowest BCUT2D eigenvalue weighted by atomic mass is 10.2. The van der Waals surface area contributed by atoms with Crippen LogP contribution in [0, 0.1) is 0 Å². The van der Waals surface area contributed by atoms with E-state index in [1.54, 1.807) is 13.1 Å². The molecule has 0 saturated carbocycles. The summed E-state index contributed by atoms with van der Waals surface area (Å²) in [5.41, 5.74) is 0.797. The number of rotatable bonds is 6. The highest BCUT2D eigenvalue weighted by molar-refractivity contribution is 5.57. The van der Waals surface area contributed by atoms with Gasteiger partial charge >= 0.3 is 12.2 Å². The average Bonchev–Trinajstić information content (AvgIpc) is 3.15. The van der Waals surface area contributed by atoms with E-state index in [0.717, 1.165) is 4.57 Å². The van der Waals surface area contributed by atoms with Gasteiger partial charge in [0.25, 0.3) is 5.56 Å². The van der Waals surface area contributed by atoms with Crippen LogP contribution in [-0.4, -0.2) is 44.1 Å². The Morgan fingerprint density at radius 2 is 2.04 bits per heavy atom. The Hall–Kier alpha value is -3.37. The van der Waals surface area contributed by atoms with E-state index < -0.39 is 18.3 Å². The predicted molar refractivity (Wildman–Crippen MR) is 87.9 cm³/mol. The second kappa shape index (κ2) is 7.48. The van der Waals surface area contributed by atoms with E-state index in [2.05, 4.69) is 24.9 Å². The first kappa shape index (κ1) is 18.4. The number of hydrogen-bond acceptors (Lipinski definition) is 6. The summed E-state index contributed by atoms with van der Waals surface area (Å²) in [7, 11) is 0. The number of aromatic nitrogens is 5. The van der Waals surface area contributed by atoms with Crippen LogP contribution < -0.4 is 15.0 Å². The molecule has 3 rings (SSSR count). The molecular weight excluding hydrogens is 367 g/mol. The second-order valence-electron chi connectivity index (χ2n) is 5.28. The Labute approximate surface area is 150 Å². The highest BCUT2D eigenvalue weighted by atomic mass is 19.4. The molecule has 0 fully saturated rings. The first-order chi connectivity index (χ1) is 12.9. The van der Waals surface area contributed by atoms with Crippen LogP contribution in [0.1, 0.15) is 6.92 Å². The van der Waals surface area contributed by atoms with Gasteiger partial charge in [0, 0.05) is 23.9 Å². The third kappa shape index (κ3) is 4.43. The minimum Gasteiger partial charge on any atom is -0.468 e. The number of aromatic amines is 1. The number of nitrogens with one attached hydrogen (secondary N) is 1. The van der Waals surface area contributed by atoms with Crippen molar-refractivity contribution in [3.05, 3.63) is 47.1 Å². The van der Waals surface area contributed by atoms with Crippen molar-refractivity contribution in [2.24, 2.45) is 0 Å².